The molecular weight excluding hydrogens is 378 g/mol. The van der Waals surface area contributed by atoms with E-state index in [1.807, 2.05) is 17.6 Å². The highest BCUT2D eigenvalue weighted by Gasteiger charge is 2.22. The molecule has 0 aromatic carbocycles. The third-order valence-electron chi connectivity index (χ3n) is 2.55. The first-order chi connectivity index (χ1) is 8.49. The highest BCUT2D eigenvalue weighted by Crippen LogP contribution is 2.24. The van der Waals surface area contributed by atoms with Gasteiger partial charge in [-0.15, -0.1) is 11.3 Å². The van der Waals surface area contributed by atoms with E-state index in [0.717, 1.165) is 19.6 Å². The Hall–Kier alpha value is -0.300. The van der Waals surface area contributed by atoms with E-state index < -0.39 is 0 Å². The molecule has 0 aliphatic rings. The summed E-state index contributed by atoms with van der Waals surface area (Å²) in [5.74, 6) is 0. The van der Waals surface area contributed by atoms with Crippen LogP contribution in [0.1, 0.15) is 24.5 Å². The lowest BCUT2D eigenvalue weighted by Crippen LogP contribution is -2.36. The van der Waals surface area contributed by atoms with Crippen molar-refractivity contribution in [1.82, 2.24) is 15.3 Å². The molecule has 2 aromatic rings. The second-order valence-electron chi connectivity index (χ2n) is 4.40. The number of thiazole rings is 1. The van der Waals surface area contributed by atoms with Gasteiger partial charge in [-0.3, -0.25) is 4.98 Å². The van der Waals surface area contributed by atoms with Crippen molar-refractivity contribution >= 4 is 43.2 Å². The highest BCUT2D eigenvalue weighted by molar-refractivity contribution is 9.11. The van der Waals surface area contributed by atoms with Crippen molar-refractivity contribution in [3.05, 3.63) is 43.5 Å². The van der Waals surface area contributed by atoms with Gasteiger partial charge in [0.15, 0.2) is 0 Å². The summed E-state index contributed by atoms with van der Waals surface area (Å²) in [6.07, 6.45) is 3.63. The maximum absolute atomic E-state index is 4.39. The number of rotatable bonds is 4. The minimum Gasteiger partial charge on any atom is -0.300 e. The van der Waals surface area contributed by atoms with Crippen molar-refractivity contribution in [3.8, 4) is 0 Å². The number of hydrogen-bond acceptors (Lipinski definition) is 4. The van der Waals surface area contributed by atoms with E-state index in [9.17, 15) is 0 Å². The molecule has 0 aliphatic heterocycles. The summed E-state index contributed by atoms with van der Waals surface area (Å²) in [6.45, 7) is 4.94. The Morgan fingerprint density at radius 3 is 2.72 bits per heavy atom. The van der Waals surface area contributed by atoms with Crippen LogP contribution in [0.25, 0.3) is 0 Å². The van der Waals surface area contributed by atoms with Gasteiger partial charge in [0.05, 0.1) is 11.2 Å². The molecule has 0 saturated heterocycles. The largest absolute Gasteiger partial charge is 0.300 e. The minimum atomic E-state index is -0.150. The van der Waals surface area contributed by atoms with Crippen LogP contribution in [0, 0.1) is 0 Å². The molecule has 0 aliphatic carbocycles. The van der Waals surface area contributed by atoms with Crippen LogP contribution in [0.15, 0.2) is 32.8 Å². The first-order valence-corrected chi connectivity index (χ1v) is 7.90. The Kier molecular flexibility index (Phi) is 4.53. The predicted octanol–water partition coefficient (Wildman–Crippen LogP) is 4.09. The summed E-state index contributed by atoms with van der Waals surface area (Å²) in [5, 5.41) is 6.55. The molecule has 0 spiro atoms. The van der Waals surface area contributed by atoms with E-state index in [4.69, 9.17) is 0 Å². The zero-order valence-corrected chi connectivity index (χ0v) is 14.1. The fourth-order valence-electron chi connectivity index (χ4n) is 1.49. The van der Waals surface area contributed by atoms with Crippen LogP contribution in [0.4, 0.5) is 0 Å². The van der Waals surface area contributed by atoms with Crippen molar-refractivity contribution in [1.29, 1.82) is 0 Å². The lowest BCUT2D eigenvalue weighted by atomic mass is 10.1. The molecule has 0 bridgehead atoms. The van der Waals surface area contributed by atoms with E-state index >= 15 is 0 Å². The Morgan fingerprint density at radius 1 is 1.33 bits per heavy atom. The van der Waals surface area contributed by atoms with Crippen LogP contribution in [-0.2, 0) is 12.1 Å². The zero-order chi connectivity index (χ0) is 13.2. The maximum atomic E-state index is 4.39. The van der Waals surface area contributed by atoms with E-state index in [1.54, 1.807) is 17.5 Å². The second-order valence-corrected chi connectivity index (χ2v) is 7.06. The number of nitrogens with one attached hydrogen (secondary N) is 1. The van der Waals surface area contributed by atoms with E-state index in [0.29, 0.717) is 6.54 Å². The first kappa shape index (κ1) is 14.1. The smallest absolute Gasteiger partial charge is 0.112 e. The van der Waals surface area contributed by atoms with Crippen LogP contribution in [0.3, 0.4) is 0 Å². The molecule has 6 heteroatoms. The fraction of sp³-hybridized carbons (Fsp3) is 0.333. The van der Waals surface area contributed by atoms with Crippen molar-refractivity contribution < 1.29 is 0 Å². The Morgan fingerprint density at radius 2 is 2.11 bits per heavy atom. The van der Waals surface area contributed by atoms with Crippen LogP contribution >= 0.6 is 43.2 Å². The number of hydrogen-bond donors (Lipinski definition) is 1. The number of nitrogens with zero attached hydrogens (tertiary/aromatic N) is 2. The second kappa shape index (κ2) is 5.77. The lowest BCUT2D eigenvalue weighted by Gasteiger charge is -2.23. The van der Waals surface area contributed by atoms with E-state index in [2.05, 4.69) is 61.0 Å². The summed E-state index contributed by atoms with van der Waals surface area (Å²) in [5.41, 5.74) is 0.838. The van der Waals surface area contributed by atoms with E-state index in [-0.39, 0.29) is 5.54 Å². The Bertz CT molecular complexity index is 526. The normalized spacial score (nSPS) is 11.8. The quantitative estimate of drug-likeness (QED) is 0.854. The van der Waals surface area contributed by atoms with Gasteiger partial charge in [0.1, 0.15) is 5.01 Å². The topological polar surface area (TPSA) is 37.8 Å². The summed E-state index contributed by atoms with van der Waals surface area (Å²) in [7, 11) is 0. The van der Waals surface area contributed by atoms with E-state index in [1.165, 1.54) is 0 Å². The zero-order valence-electron chi connectivity index (χ0n) is 10.1. The van der Waals surface area contributed by atoms with Crippen LogP contribution in [0.2, 0.25) is 0 Å². The molecule has 0 radical (unpaired) electrons. The van der Waals surface area contributed by atoms with Crippen molar-refractivity contribution in [2.45, 2.75) is 25.9 Å². The van der Waals surface area contributed by atoms with Crippen LogP contribution in [-0.4, -0.2) is 9.97 Å². The third kappa shape index (κ3) is 3.38. The molecular formula is C12H13Br2N3S. The van der Waals surface area contributed by atoms with Gasteiger partial charge in [-0.2, -0.15) is 0 Å². The molecule has 0 fully saturated rings. The van der Waals surface area contributed by atoms with Crippen LogP contribution < -0.4 is 5.32 Å². The monoisotopic (exact) mass is 389 g/mol. The Balaban J connectivity index is 2.07. The van der Waals surface area contributed by atoms with Gasteiger partial charge in [-0.25, -0.2) is 4.98 Å². The van der Waals surface area contributed by atoms with Gasteiger partial charge in [0.2, 0.25) is 0 Å². The van der Waals surface area contributed by atoms with Crippen LogP contribution in [0.5, 0.6) is 0 Å². The molecule has 2 aromatic heterocycles. The summed E-state index contributed by atoms with van der Waals surface area (Å²) in [6, 6.07) is 2.00. The molecule has 2 heterocycles. The molecule has 2 rings (SSSR count). The van der Waals surface area contributed by atoms with Gasteiger partial charge in [0, 0.05) is 33.3 Å². The van der Waals surface area contributed by atoms with Gasteiger partial charge < -0.3 is 5.32 Å². The minimum absolute atomic E-state index is 0.150. The van der Waals surface area contributed by atoms with Crippen molar-refractivity contribution in [2.75, 3.05) is 0 Å². The van der Waals surface area contributed by atoms with Crippen molar-refractivity contribution in [2.24, 2.45) is 0 Å². The summed E-state index contributed by atoms with van der Waals surface area (Å²) >= 11 is 8.57. The molecule has 1 N–H and O–H groups in total. The average molecular weight is 391 g/mol. The van der Waals surface area contributed by atoms with Gasteiger partial charge in [0.25, 0.3) is 0 Å². The van der Waals surface area contributed by atoms with Crippen molar-refractivity contribution in [3.63, 3.8) is 0 Å². The first-order valence-electron chi connectivity index (χ1n) is 5.44. The number of halogens is 2. The fourth-order valence-corrected chi connectivity index (χ4v) is 3.35. The maximum Gasteiger partial charge on any atom is 0.112 e. The Labute approximate surface area is 127 Å². The molecule has 0 amide bonds. The van der Waals surface area contributed by atoms with Gasteiger partial charge in [-0.05, 0) is 51.8 Å². The summed E-state index contributed by atoms with van der Waals surface area (Å²) in [4.78, 5) is 8.74. The highest BCUT2D eigenvalue weighted by atomic mass is 79.9. The predicted molar refractivity (Wildman–Crippen MR) is 81.6 cm³/mol. The molecule has 18 heavy (non-hydrogen) atoms. The summed E-state index contributed by atoms with van der Waals surface area (Å²) < 4.78 is 1.97. The van der Waals surface area contributed by atoms with Gasteiger partial charge >= 0.3 is 0 Å². The van der Waals surface area contributed by atoms with Gasteiger partial charge in [-0.1, -0.05) is 0 Å². The molecule has 3 nitrogen and oxygen atoms in total. The lowest BCUT2D eigenvalue weighted by molar-refractivity contribution is 0.396. The third-order valence-corrected chi connectivity index (χ3v) is 4.77. The number of pyridine rings is 1. The molecule has 0 saturated carbocycles. The standard InChI is InChI=1S/C12H13Br2N3S/c1-12(2,11-15-3-4-18-11)17-7-10-9(14)5-8(13)6-16-10/h3-6,17H,7H2,1-2H3. The average Bonchev–Trinajstić information content (AvgIpc) is 2.82. The molecule has 0 unspecified atom stereocenters. The SMILES string of the molecule is CC(C)(NCc1ncc(Br)cc1Br)c1nccs1. The molecule has 0 atom stereocenters. The molecule has 96 valence electrons. The number of aromatic nitrogens is 2.